The molecule has 1 atom stereocenters. The molecule has 0 spiro atoms. The van der Waals surface area contributed by atoms with Crippen molar-refractivity contribution in [1.82, 2.24) is 0 Å². The summed E-state index contributed by atoms with van der Waals surface area (Å²) in [4.78, 5) is 42.9. The minimum atomic E-state index is -4.78. The second-order valence-corrected chi connectivity index (χ2v) is 14.8. The lowest BCUT2D eigenvalue weighted by Gasteiger charge is -2.18. The Labute approximate surface area is 340 Å². The van der Waals surface area contributed by atoms with Crippen molar-refractivity contribution in [2.24, 2.45) is 0 Å². The second kappa shape index (κ2) is 41.3. The Hall–Kier alpha value is -3.29. The summed E-state index contributed by atoms with van der Waals surface area (Å²) in [6.07, 6.45) is 58.0. The molecule has 0 aromatic carbocycles. The van der Waals surface area contributed by atoms with Gasteiger partial charge in [-0.1, -0.05) is 149 Å². The molecule has 0 aliphatic carbocycles. The number of carbonyl (C=O) groups is 2. The highest BCUT2D eigenvalue weighted by Crippen LogP contribution is 2.36. The second-order valence-electron chi connectivity index (χ2n) is 13.6. The summed E-state index contributed by atoms with van der Waals surface area (Å²) < 4.78 is 26.3. The molecule has 8 nitrogen and oxygen atoms in total. The lowest BCUT2D eigenvalue weighted by molar-refractivity contribution is -0.161. The van der Waals surface area contributed by atoms with Crippen LogP contribution in [0.25, 0.3) is 0 Å². The van der Waals surface area contributed by atoms with Gasteiger partial charge in [0, 0.05) is 12.8 Å². The Bertz CT molecular complexity index is 1260. The fourth-order valence-corrected chi connectivity index (χ4v) is 5.51. The molecule has 316 valence electrons. The van der Waals surface area contributed by atoms with E-state index in [-0.39, 0.29) is 19.4 Å². The van der Waals surface area contributed by atoms with Crippen molar-refractivity contribution >= 4 is 19.8 Å². The van der Waals surface area contributed by atoms with Gasteiger partial charge in [0.1, 0.15) is 6.61 Å². The maximum atomic E-state index is 12.4. The van der Waals surface area contributed by atoms with Gasteiger partial charge in [0.05, 0.1) is 6.61 Å². The summed E-state index contributed by atoms with van der Waals surface area (Å²) in [5.74, 6) is -0.970. The summed E-state index contributed by atoms with van der Waals surface area (Å²) in [6, 6.07) is 0. The molecular weight excluding hydrogens is 723 g/mol. The van der Waals surface area contributed by atoms with Gasteiger partial charge in [-0.3, -0.25) is 14.1 Å². The normalized spacial score (nSPS) is 13.6. The number of ether oxygens (including phenoxy) is 2. The highest BCUT2D eigenvalue weighted by molar-refractivity contribution is 7.46. The van der Waals surface area contributed by atoms with Gasteiger partial charge in [0.25, 0.3) is 0 Å². The van der Waals surface area contributed by atoms with Crippen molar-refractivity contribution < 1.29 is 37.9 Å². The molecule has 0 fully saturated rings. The summed E-state index contributed by atoms with van der Waals surface area (Å²) in [7, 11) is -4.78. The van der Waals surface area contributed by atoms with E-state index in [2.05, 4.69) is 128 Å². The first-order valence-electron chi connectivity index (χ1n) is 21.2. The van der Waals surface area contributed by atoms with Crippen LogP contribution in [0, 0.1) is 0 Å². The number of rotatable bonds is 37. The number of allylic oxidation sites excluding steroid dienone is 18. The van der Waals surface area contributed by atoms with Crippen LogP contribution in [0.2, 0.25) is 0 Å². The van der Waals surface area contributed by atoms with Crippen LogP contribution in [-0.4, -0.2) is 41.0 Å². The number of hydrogen-bond donors (Lipinski definition) is 2. The topological polar surface area (TPSA) is 119 Å². The third-order valence-electron chi connectivity index (χ3n) is 8.28. The van der Waals surface area contributed by atoms with Gasteiger partial charge in [-0.05, 0) is 103 Å². The fourth-order valence-electron chi connectivity index (χ4n) is 5.15. The van der Waals surface area contributed by atoms with Crippen molar-refractivity contribution in [2.75, 3.05) is 13.2 Å². The van der Waals surface area contributed by atoms with Gasteiger partial charge in [-0.25, -0.2) is 4.57 Å². The zero-order valence-electron chi connectivity index (χ0n) is 34.7. The number of phosphoric ester groups is 1. The molecule has 56 heavy (non-hydrogen) atoms. The molecule has 0 saturated carbocycles. The molecule has 0 bridgehead atoms. The standard InChI is InChI=1S/C47H75O8P/c1-3-5-7-9-11-13-15-17-19-21-23-25-27-29-31-33-35-37-39-41-46(48)53-43-45(44-54-56(50,51)52)55-47(49)42-40-38-36-34-32-30-28-26-24-22-20-18-16-14-12-10-8-6-4-2/h5,7,11-14,17-20,23-26,29-32,45H,3-4,6,8-10,15-16,21-22,27-28,33-44H2,1-2H3,(H2,50,51,52)/b7-5-,13-11-,14-12-,19-17-,20-18-,25-23-,26-24-,31-29-,32-30-/t45-/m1/s1. The molecule has 0 aliphatic heterocycles. The first-order valence-corrected chi connectivity index (χ1v) is 22.7. The average Bonchev–Trinajstić information content (AvgIpc) is 3.17. The lowest BCUT2D eigenvalue weighted by atomic mass is 10.1. The predicted octanol–water partition coefficient (Wildman–Crippen LogP) is 13.2. The Morgan fingerprint density at radius 3 is 1.25 bits per heavy atom. The number of phosphoric acid groups is 1. The molecular formula is C47H75O8P. The largest absolute Gasteiger partial charge is 0.469 e. The third-order valence-corrected chi connectivity index (χ3v) is 8.76. The summed E-state index contributed by atoms with van der Waals surface area (Å²) in [5, 5.41) is 0. The molecule has 9 heteroatoms. The molecule has 0 amide bonds. The third kappa shape index (κ3) is 43.4. The molecule has 0 heterocycles. The number of carbonyl (C=O) groups excluding carboxylic acids is 2. The highest BCUT2D eigenvalue weighted by Gasteiger charge is 2.22. The molecule has 0 saturated heterocycles. The molecule has 0 unspecified atom stereocenters. The first kappa shape index (κ1) is 52.7. The van der Waals surface area contributed by atoms with Gasteiger partial charge < -0.3 is 19.3 Å². The van der Waals surface area contributed by atoms with E-state index >= 15 is 0 Å². The summed E-state index contributed by atoms with van der Waals surface area (Å²) in [5.41, 5.74) is 0. The van der Waals surface area contributed by atoms with Crippen LogP contribution in [0.1, 0.15) is 155 Å². The maximum absolute atomic E-state index is 12.4. The SMILES string of the molecule is CC/C=C\C/C=C\C/C=C\C/C=C\C/C=C\CCCCCC(=O)OC[C@H](COP(=O)(O)O)OC(=O)CCCCC/C=C\C/C=C\C/C=C\C/C=C\CCCCC. The summed E-state index contributed by atoms with van der Waals surface area (Å²) >= 11 is 0. The van der Waals surface area contributed by atoms with Crippen LogP contribution >= 0.6 is 7.82 Å². The predicted molar refractivity (Wildman–Crippen MR) is 234 cm³/mol. The first-order chi connectivity index (χ1) is 27.3. The lowest BCUT2D eigenvalue weighted by Crippen LogP contribution is -2.29. The van der Waals surface area contributed by atoms with Gasteiger partial charge in [-0.2, -0.15) is 0 Å². The van der Waals surface area contributed by atoms with E-state index in [1.54, 1.807) is 0 Å². The molecule has 0 rings (SSSR count). The molecule has 0 aromatic rings. The van der Waals surface area contributed by atoms with Crippen molar-refractivity contribution in [2.45, 2.75) is 161 Å². The Morgan fingerprint density at radius 1 is 0.482 bits per heavy atom. The van der Waals surface area contributed by atoms with Gasteiger partial charge in [0.2, 0.25) is 0 Å². The van der Waals surface area contributed by atoms with Crippen LogP contribution in [0.3, 0.4) is 0 Å². The molecule has 0 aliphatic rings. The average molecular weight is 799 g/mol. The molecule has 0 aromatic heterocycles. The monoisotopic (exact) mass is 799 g/mol. The smallest absolute Gasteiger partial charge is 0.462 e. The van der Waals surface area contributed by atoms with E-state index < -0.39 is 32.5 Å². The molecule has 2 N–H and O–H groups in total. The number of hydrogen-bond acceptors (Lipinski definition) is 6. The van der Waals surface area contributed by atoms with Crippen molar-refractivity contribution in [3.05, 3.63) is 109 Å². The Balaban J connectivity index is 4.09. The molecule has 0 radical (unpaired) electrons. The fraction of sp³-hybridized carbons (Fsp3) is 0.574. The zero-order valence-corrected chi connectivity index (χ0v) is 35.6. The van der Waals surface area contributed by atoms with Crippen LogP contribution in [0.5, 0.6) is 0 Å². The summed E-state index contributed by atoms with van der Waals surface area (Å²) in [6.45, 7) is 3.47. The zero-order chi connectivity index (χ0) is 41.1. The van der Waals surface area contributed by atoms with E-state index in [1.165, 1.54) is 25.7 Å². The van der Waals surface area contributed by atoms with Gasteiger partial charge in [-0.15, -0.1) is 0 Å². The Kier molecular flexibility index (Phi) is 38.9. The highest BCUT2D eigenvalue weighted by atomic mass is 31.2. The minimum absolute atomic E-state index is 0.160. The number of esters is 2. The van der Waals surface area contributed by atoms with Crippen molar-refractivity contribution in [1.29, 1.82) is 0 Å². The van der Waals surface area contributed by atoms with Crippen molar-refractivity contribution in [3.8, 4) is 0 Å². The Morgan fingerprint density at radius 2 is 0.857 bits per heavy atom. The van der Waals surface area contributed by atoms with Crippen molar-refractivity contribution in [3.63, 3.8) is 0 Å². The van der Waals surface area contributed by atoms with E-state index in [1.807, 2.05) is 0 Å². The van der Waals surface area contributed by atoms with Gasteiger partial charge >= 0.3 is 19.8 Å². The minimum Gasteiger partial charge on any atom is -0.462 e. The van der Waals surface area contributed by atoms with E-state index in [0.29, 0.717) is 12.8 Å². The van der Waals surface area contributed by atoms with Crippen LogP contribution in [0.4, 0.5) is 0 Å². The van der Waals surface area contributed by atoms with E-state index in [0.717, 1.165) is 89.9 Å². The van der Waals surface area contributed by atoms with E-state index in [4.69, 9.17) is 19.3 Å². The van der Waals surface area contributed by atoms with E-state index in [9.17, 15) is 14.2 Å². The van der Waals surface area contributed by atoms with Crippen LogP contribution in [0.15, 0.2) is 109 Å². The quantitative estimate of drug-likeness (QED) is 0.0276. The maximum Gasteiger partial charge on any atom is 0.469 e. The number of unbranched alkanes of at least 4 members (excludes halogenated alkanes) is 9. The van der Waals surface area contributed by atoms with Crippen LogP contribution in [-0.2, 0) is 28.2 Å². The van der Waals surface area contributed by atoms with Gasteiger partial charge in [0.15, 0.2) is 6.10 Å². The van der Waals surface area contributed by atoms with Crippen LogP contribution < -0.4 is 0 Å².